The lowest BCUT2D eigenvalue weighted by Gasteiger charge is -2.25. The van der Waals surface area contributed by atoms with Crippen LogP contribution in [0.25, 0.3) is 0 Å². The van der Waals surface area contributed by atoms with Crippen molar-refractivity contribution in [2.24, 2.45) is 11.8 Å². The molecule has 27 heavy (non-hydrogen) atoms. The number of hydrogen-bond acceptors (Lipinski definition) is 5. The zero-order valence-electron chi connectivity index (χ0n) is 15.8. The molecule has 1 saturated carbocycles. The Morgan fingerprint density at radius 2 is 2.07 bits per heavy atom. The molecule has 1 aromatic heterocycles. The van der Waals surface area contributed by atoms with Crippen molar-refractivity contribution in [1.82, 2.24) is 15.3 Å². The first-order chi connectivity index (χ1) is 13.0. The quantitative estimate of drug-likeness (QED) is 0.695. The topological polar surface area (TPSA) is 78.3 Å². The molecular weight excluding hydrogens is 345 g/mol. The Hall–Kier alpha value is -1.89. The molecule has 0 aliphatic heterocycles. The summed E-state index contributed by atoms with van der Waals surface area (Å²) < 4.78 is 13.4. The molecule has 5 nitrogen and oxygen atoms in total. The van der Waals surface area contributed by atoms with Crippen LogP contribution in [0.4, 0.5) is 4.39 Å². The average Bonchev–Trinajstić information content (AvgIpc) is 2.94. The van der Waals surface area contributed by atoms with Crippen LogP contribution >= 0.6 is 0 Å². The molecule has 146 valence electrons. The van der Waals surface area contributed by atoms with Crippen LogP contribution in [0.1, 0.15) is 43.3 Å². The summed E-state index contributed by atoms with van der Waals surface area (Å²) in [6.45, 7) is 4.56. The fourth-order valence-corrected chi connectivity index (χ4v) is 3.92. The van der Waals surface area contributed by atoms with Crippen LogP contribution in [0.15, 0.2) is 36.5 Å². The zero-order chi connectivity index (χ0) is 19.4. The van der Waals surface area contributed by atoms with E-state index in [-0.39, 0.29) is 36.2 Å². The SMILES string of the molecule is CC(C)c1nccc(C[C@@H]2[C@@H](CO)[C@H](O)C[C@H]2NCc2cccc(F)c2)n1. The first kappa shape index (κ1) is 19.9. The molecule has 2 aromatic rings. The lowest BCUT2D eigenvalue weighted by molar-refractivity contribution is 0.0716. The van der Waals surface area contributed by atoms with Gasteiger partial charge in [-0.05, 0) is 42.5 Å². The molecule has 3 rings (SSSR count). The maximum absolute atomic E-state index is 13.4. The number of halogens is 1. The third-order valence-corrected chi connectivity index (χ3v) is 5.42. The number of rotatable bonds is 7. The average molecular weight is 373 g/mol. The van der Waals surface area contributed by atoms with Gasteiger partial charge in [-0.3, -0.25) is 0 Å². The molecule has 1 heterocycles. The second-order valence-corrected chi connectivity index (χ2v) is 7.70. The molecule has 0 radical (unpaired) electrons. The molecule has 3 N–H and O–H groups in total. The summed E-state index contributed by atoms with van der Waals surface area (Å²) in [6, 6.07) is 8.43. The largest absolute Gasteiger partial charge is 0.396 e. The normalized spacial score (nSPS) is 25.3. The van der Waals surface area contributed by atoms with Crippen molar-refractivity contribution in [1.29, 1.82) is 0 Å². The van der Waals surface area contributed by atoms with Gasteiger partial charge in [0.15, 0.2) is 0 Å². The third kappa shape index (κ3) is 4.89. The molecule has 0 bridgehead atoms. The number of benzene rings is 1. The monoisotopic (exact) mass is 373 g/mol. The molecule has 0 amide bonds. The van der Waals surface area contributed by atoms with E-state index in [0.29, 0.717) is 19.4 Å². The molecule has 1 aliphatic rings. The number of aromatic nitrogens is 2. The lowest BCUT2D eigenvalue weighted by atomic mass is 9.88. The van der Waals surface area contributed by atoms with Crippen LogP contribution in [0.3, 0.4) is 0 Å². The van der Waals surface area contributed by atoms with Gasteiger partial charge in [0.1, 0.15) is 11.6 Å². The van der Waals surface area contributed by atoms with Gasteiger partial charge in [0.25, 0.3) is 0 Å². The molecule has 0 spiro atoms. The summed E-state index contributed by atoms with van der Waals surface area (Å²) in [5, 5.41) is 23.6. The minimum atomic E-state index is -0.559. The van der Waals surface area contributed by atoms with E-state index in [4.69, 9.17) is 0 Å². The van der Waals surface area contributed by atoms with Crippen molar-refractivity contribution in [2.75, 3.05) is 6.61 Å². The molecule has 1 aliphatic carbocycles. The number of hydrogen-bond donors (Lipinski definition) is 3. The van der Waals surface area contributed by atoms with E-state index in [9.17, 15) is 14.6 Å². The number of nitrogens with zero attached hydrogens (tertiary/aromatic N) is 2. The first-order valence-electron chi connectivity index (χ1n) is 9.56. The summed E-state index contributed by atoms with van der Waals surface area (Å²) in [4.78, 5) is 8.95. The Morgan fingerprint density at radius 1 is 1.26 bits per heavy atom. The maximum Gasteiger partial charge on any atom is 0.131 e. The highest BCUT2D eigenvalue weighted by Gasteiger charge is 2.42. The van der Waals surface area contributed by atoms with Gasteiger partial charge in [-0.25, -0.2) is 14.4 Å². The van der Waals surface area contributed by atoms with Crippen LogP contribution < -0.4 is 5.32 Å². The summed E-state index contributed by atoms with van der Waals surface area (Å²) in [5.74, 6) is 0.638. The Morgan fingerprint density at radius 3 is 2.78 bits per heavy atom. The second-order valence-electron chi connectivity index (χ2n) is 7.70. The first-order valence-corrected chi connectivity index (χ1v) is 9.56. The number of nitrogens with one attached hydrogen (secondary N) is 1. The minimum absolute atomic E-state index is 0.0258. The predicted octanol–water partition coefficient (Wildman–Crippen LogP) is 2.43. The minimum Gasteiger partial charge on any atom is -0.396 e. The maximum atomic E-state index is 13.4. The number of aliphatic hydroxyl groups is 2. The Balaban J connectivity index is 1.73. The van der Waals surface area contributed by atoms with Gasteiger partial charge in [-0.2, -0.15) is 0 Å². The Kier molecular flexibility index (Phi) is 6.52. The highest BCUT2D eigenvalue weighted by atomic mass is 19.1. The summed E-state index contributed by atoms with van der Waals surface area (Å²) >= 11 is 0. The van der Waals surface area contributed by atoms with Gasteiger partial charge in [0.05, 0.1) is 6.10 Å². The van der Waals surface area contributed by atoms with E-state index in [1.807, 2.05) is 12.1 Å². The van der Waals surface area contributed by atoms with Crippen LogP contribution in [0, 0.1) is 17.7 Å². The van der Waals surface area contributed by atoms with Crippen molar-refractivity contribution >= 4 is 0 Å². The van der Waals surface area contributed by atoms with Crippen molar-refractivity contribution in [3.8, 4) is 0 Å². The molecule has 0 unspecified atom stereocenters. The van der Waals surface area contributed by atoms with E-state index in [1.165, 1.54) is 12.1 Å². The van der Waals surface area contributed by atoms with Gasteiger partial charge < -0.3 is 15.5 Å². The van der Waals surface area contributed by atoms with Crippen LogP contribution in [-0.2, 0) is 13.0 Å². The smallest absolute Gasteiger partial charge is 0.131 e. The van der Waals surface area contributed by atoms with Crippen molar-refractivity contribution in [3.05, 3.63) is 59.4 Å². The van der Waals surface area contributed by atoms with E-state index >= 15 is 0 Å². The van der Waals surface area contributed by atoms with Gasteiger partial charge in [0.2, 0.25) is 0 Å². The molecule has 4 atom stereocenters. The summed E-state index contributed by atoms with van der Waals surface area (Å²) in [5.41, 5.74) is 1.78. The van der Waals surface area contributed by atoms with Crippen molar-refractivity contribution in [3.63, 3.8) is 0 Å². The standard InChI is InChI=1S/C21H28FN3O2/c1-13(2)21-23-7-6-16(25-21)9-17-18(12-26)20(27)10-19(17)24-11-14-4-3-5-15(22)8-14/h3-8,13,17-20,24,26-27H,9-12H2,1-2H3/t17-,18-,19-,20-/m1/s1. The van der Waals surface area contributed by atoms with Crippen LogP contribution in [-0.4, -0.2) is 38.9 Å². The van der Waals surface area contributed by atoms with Gasteiger partial charge >= 0.3 is 0 Å². The van der Waals surface area contributed by atoms with Crippen LogP contribution in [0.5, 0.6) is 0 Å². The molecule has 6 heteroatoms. The highest BCUT2D eigenvalue weighted by molar-refractivity contribution is 5.16. The summed E-state index contributed by atoms with van der Waals surface area (Å²) in [6.07, 6.45) is 2.43. The fourth-order valence-electron chi connectivity index (χ4n) is 3.92. The number of aliphatic hydroxyl groups excluding tert-OH is 2. The van der Waals surface area contributed by atoms with E-state index in [2.05, 4.69) is 29.1 Å². The second kappa shape index (κ2) is 8.87. The van der Waals surface area contributed by atoms with E-state index < -0.39 is 6.10 Å². The molecular formula is C21H28FN3O2. The van der Waals surface area contributed by atoms with Crippen LogP contribution in [0.2, 0.25) is 0 Å². The Bertz CT molecular complexity index is 756. The van der Waals surface area contributed by atoms with Gasteiger partial charge in [0, 0.05) is 42.9 Å². The lowest BCUT2D eigenvalue weighted by Crippen LogP contribution is -2.36. The highest BCUT2D eigenvalue weighted by Crippen LogP contribution is 2.35. The summed E-state index contributed by atoms with van der Waals surface area (Å²) in [7, 11) is 0. The fraction of sp³-hybridized carbons (Fsp3) is 0.524. The van der Waals surface area contributed by atoms with Crippen molar-refractivity contribution < 1.29 is 14.6 Å². The van der Waals surface area contributed by atoms with Gasteiger partial charge in [-0.1, -0.05) is 26.0 Å². The molecule has 1 fully saturated rings. The molecule has 0 saturated heterocycles. The van der Waals surface area contributed by atoms with E-state index in [1.54, 1.807) is 12.3 Å². The van der Waals surface area contributed by atoms with E-state index in [0.717, 1.165) is 17.1 Å². The third-order valence-electron chi connectivity index (χ3n) is 5.42. The van der Waals surface area contributed by atoms with Crippen molar-refractivity contribution in [2.45, 2.75) is 51.3 Å². The van der Waals surface area contributed by atoms with Gasteiger partial charge in [-0.15, -0.1) is 0 Å². The molecule has 1 aromatic carbocycles. The Labute approximate surface area is 159 Å². The predicted molar refractivity (Wildman–Crippen MR) is 102 cm³/mol. The zero-order valence-corrected chi connectivity index (χ0v) is 15.8.